The Morgan fingerprint density at radius 3 is 2.55 bits per heavy atom. The summed E-state index contributed by atoms with van der Waals surface area (Å²) in [6.07, 6.45) is 1.47. The van der Waals surface area contributed by atoms with Crippen molar-refractivity contribution in [2.75, 3.05) is 6.61 Å². The Kier molecular flexibility index (Phi) is 4.24. The zero-order chi connectivity index (χ0) is 14.5. The van der Waals surface area contributed by atoms with Gasteiger partial charge in [0, 0.05) is 5.56 Å². The van der Waals surface area contributed by atoms with Crippen LogP contribution in [0.4, 0.5) is 0 Å². The van der Waals surface area contributed by atoms with E-state index < -0.39 is 5.69 Å². The number of hydrogen-bond acceptors (Lipinski definition) is 5. The van der Waals surface area contributed by atoms with E-state index in [1.54, 1.807) is 0 Å². The number of carbonyl (C=O) groups is 1. The number of ether oxygens (including phenoxy) is 1. The van der Waals surface area contributed by atoms with E-state index in [-0.39, 0.29) is 12.3 Å². The molecule has 0 saturated carbocycles. The normalized spacial score (nSPS) is 10.3. The minimum Gasteiger partial charge on any atom is -0.494 e. The van der Waals surface area contributed by atoms with E-state index in [1.165, 1.54) is 13.1 Å². The summed E-state index contributed by atoms with van der Waals surface area (Å²) in [5, 5.41) is 3.94. The van der Waals surface area contributed by atoms with Crippen LogP contribution in [0.25, 0.3) is 11.3 Å². The molecule has 1 aromatic carbocycles. The maximum Gasteiger partial charge on any atom is 0.364 e. The Morgan fingerprint density at radius 1 is 1.30 bits per heavy atom. The molecule has 0 aliphatic rings. The van der Waals surface area contributed by atoms with Gasteiger partial charge in [0.1, 0.15) is 12.3 Å². The molecule has 0 unspecified atom stereocenters. The van der Waals surface area contributed by atoms with E-state index in [0.717, 1.165) is 16.0 Å². The second kappa shape index (κ2) is 6.10. The number of aromatic nitrogens is 3. The number of Topliss-reactive ketones (excluding diaryl/α,β-unsaturated/α-hetero) is 1. The molecule has 0 atom stereocenters. The van der Waals surface area contributed by atoms with Crippen molar-refractivity contribution >= 4 is 5.78 Å². The lowest BCUT2D eigenvalue weighted by Crippen LogP contribution is -2.28. The Bertz CT molecular complexity index is 662. The van der Waals surface area contributed by atoms with Crippen molar-refractivity contribution in [3.63, 3.8) is 0 Å². The molecule has 2 aromatic rings. The molecule has 6 heteroatoms. The summed E-state index contributed by atoms with van der Waals surface area (Å²) in [6.45, 7) is 3.85. The van der Waals surface area contributed by atoms with Crippen LogP contribution in [-0.4, -0.2) is 27.2 Å². The van der Waals surface area contributed by atoms with Gasteiger partial charge >= 0.3 is 5.69 Å². The van der Waals surface area contributed by atoms with E-state index in [4.69, 9.17) is 4.74 Å². The smallest absolute Gasteiger partial charge is 0.364 e. The molecular formula is C14H15N3O3. The third-order valence-electron chi connectivity index (χ3n) is 2.59. The van der Waals surface area contributed by atoms with Crippen LogP contribution in [0.2, 0.25) is 0 Å². The highest BCUT2D eigenvalue weighted by atomic mass is 16.5. The highest BCUT2D eigenvalue weighted by molar-refractivity contribution is 5.75. The molecule has 0 fully saturated rings. The number of benzene rings is 1. The van der Waals surface area contributed by atoms with Crippen LogP contribution < -0.4 is 10.4 Å². The zero-order valence-corrected chi connectivity index (χ0v) is 11.4. The van der Waals surface area contributed by atoms with Gasteiger partial charge in [0.15, 0.2) is 5.78 Å². The van der Waals surface area contributed by atoms with Gasteiger partial charge in [-0.3, -0.25) is 4.79 Å². The van der Waals surface area contributed by atoms with Crippen molar-refractivity contribution in [3.05, 3.63) is 40.9 Å². The highest BCUT2D eigenvalue weighted by Gasteiger charge is 2.06. The average Bonchev–Trinajstić information content (AvgIpc) is 2.42. The minimum atomic E-state index is -0.536. The summed E-state index contributed by atoms with van der Waals surface area (Å²) in [5.74, 6) is 0.615. The second-order valence-corrected chi connectivity index (χ2v) is 4.24. The number of ketones is 1. The van der Waals surface area contributed by atoms with Gasteiger partial charge < -0.3 is 4.74 Å². The first-order valence-corrected chi connectivity index (χ1v) is 6.27. The number of hydrogen-bond donors (Lipinski definition) is 0. The highest BCUT2D eigenvalue weighted by Crippen LogP contribution is 2.19. The average molecular weight is 273 g/mol. The quantitative estimate of drug-likeness (QED) is 0.820. The van der Waals surface area contributed by atoms with Crippen molar-refractivity contribution in [2.24, 2.45) is 0 Å². The molecule has 0 aliphatic carbocycles. The van der Waals surface area contributed by atoms with Gasteiger partial charge in [-0.15, -0.1) is 0 Å². The fourth-order valence-electron chi connectivity index (χ4n) is 1.71. The van der Waals surface area contributed by atoms with Gasteiger partial charge in [0.05, 0.1) is 18.5 Å². The molecule has 20 heavy (non-hydrogen) atoms. The first kappa shape index (κ1) is 13.9. The van der Waals surface area contributed by atoms with Crippen LogP contribution in [0.15, 0.2) is 35.3 Å². The molecule has 1 aromatic heterocycles. The molecule has 104 valence electrons. The van der Waals surface area contributed by atoms with Gasteiger partial charge in [0.25, 0.3) is 0 Å². The minimum absolute atomic E-state index is 0.0601. The zero-order valence-electron chi connectivity index (χ0n) is 11.4. The predicted molar refractivity (Wildman–Crippen MR) is 73.6 cm³/mol. The van der Waals surface area contributed by atoms with E-state index in [2.05, 4.69) is 10.1 Å². The van der Waals surface area contributed by atoms with E-state index >= 15 is 0 Å². The van der Waals surface area contributed by atoms with Gasteiger partial charge in [-0.05, 0) is 38.1 Å². The van der Waals surface area contributed by atoms with Crippen molar-refractivity contribution in [2.45, 2.75) is 20.4 Å². The lowest BCUT2D eigenvalue weighted by Gasteiger charge is -2.05. The largest absolute Gasteiger partial charge is 0.494 e. The SMILES string of the molecule is CCOc1ccc(-c2cnn(CC(C)=O)c(=O)n2)cc1. The topological polar surface area (TPSA) is 74.1 Å². The van der Waals surface area contributed by atoms with Crippen molar-refractivity contribution in [3.8, 4) is 17.0 Å². The molecule has 0 bridgehead atoms. The Labute approximate surface area is 116 Å². The Hall–Kier alpha value is -2.50. The van der Waals surface area contributed by atoms with Crippen LogP contribution in [0.3, 0.4) is 0 Å². The van der Waals surface area contributed by atoms with Gasteiger partial charge in [0.2, 0.25) is 0 Å². The maximum absolute atomic E-state index is 11.7. The Morgan fingerprint density at radius 2 is 2.00 bits per heavy atom. The molecule has 0 aliphatic heterocycles. The number of carbonyl (C=O) groups excluding carboxylic acids is 1. The molecule has 0 amide bonds. The Balaban J connectivity index is 2.27. The summed E-state index contributed by atoms with van der Waals surface area (Å²) >= 11 is 0. The summed E-state index contributed by atoms with van der Waals surface area (Å²) in [6, 6.07) is 7.23. The third-order valence-corrected chi connectivity index (χ3v) is 2.59. The summed E-state index contributed by atoms with van der Waals surface area (Å²) in [5.41, 5.74) is 0.706. The number of rotatable bonds is 5. The molecule has 2 rings (SSSR count). The maximum atomic E-state index is 11.7. The standard InChI is InChI=1S/C14H15N3O3/c1-3-20-12-6-4-11(5-7-12)13-8-15-17(9-10(2)18)14(19)16-13/h4-8H,3,9H2,1-2H3. The van der Waals surface area contributed by atoms with Crippen molar-refractivity contribution in [1.29, 1.82) is 0 Å². The molecule has 0 saturated heterocycles. The van der Waals surface area contributed by atoms with Gasteiger partial charge in [-0.1, -0.05) is 0 Å². The molecule has 0 N–H and O–H groups in total. The fourth-order valence-corrected chi connectivity index (χ4v) is 1.71. The van der Waals surface area contributed by atoms with E-state index in [0.29, 0.717) is 12.3 Å². The third kappa shape index (κ3) is 3.28. The molecule has 6 nitrogen and oxygen atoms in total. The molecule has 1 heterocycles. The number of nitrogens with zero attached hydrogens (tertiary/aromatic N) is 3. The first-order valence-electron chi connectivity index (χ1n) is 6.27. The first-order chi connectivity index (χ1) is 9.60. The van der Waals surface area contributed by atoms with E-state index in [9.17, 15) is 9.59 Å². The summed E-state index contributed by atoms with van der Waals surface area (Å²) in [4.78, 5) is 26.6. The molecular weight excluding hydrogens is 258 g/mol. The van der Waals surface area contributed by atoms with Crippen LogP contribution in [0.1, 0.15) is 13.8 Å². The fraction of sp³-hybridized carbons (Fsp3) is 0.286. The van der Waals surface area contributed by atoms with Gasteiger partial charge in [-0.2, -0.15) is 10.1 Å². The van der Waals surface area contributed by atoms with Crippen LogP contribution >= 0.6 is 0 Å². The van der Waals surface area contributed by atoms with Crippen LogP contribution in [-0.2, 0) is 11.3 Å². The molecule has 0 radical (unpaired) electrons. The van der Waals surface area contributed by atoms with Crippen molar-refractivity contribution in [1.82, 2.24) is 14.8 Å². The molecule has 0 spiro atoms. The van der Waals surface area contributed by atoms with Crippen molar-refractivity contribution < 1.29 is 9.53 Å². The monoisotopic (exact) mass is 273 g/mol. The van der Waals surface area contributed by atoms with Gasteiger partial charge in [-0.25, -0.2) is 9.48 Å². The predicted octanol–water partition coefficient (Wildman–Crippen LogP) is 1.29. The van der Waals surface area contributed by atoms with E-state index in [1.807, 2.05) is 31.2 Å². The lowest BCUT2D eigenvalue weighted by atomic mass is 10.1. The second-order valence-electron chi connectivity index (χ2n) is 4.24. The van der Waals surface area contributed by atoms with Crippen LogP contribution in [0, 0.1) is 0 Å². The lowest BCUT2D eigenvalue weighted by molar-refractivity contribution is -0.117. The summed E-state index contributed by atoms with van der Waals surface area (Å²) < 4.78 is 6.39. The summed E-state index contributed by atoms with van der Waals surface area (Å²) in [7, 11) is 0. The van der Waals surface area contributed by atoms with Crippen LogP contribution in [0.5, 0.6) is 5.75 Å².